The lowest BCUT2D eigenvalue weighted by Gasteiger charge is -2.31. The van der Waals surface area contributed by atoms with Crippen molar-refractivity contribution in [2.24, 2.45) is 5.73 Å². The molecule has 0 aliphatic heterocycles. The molecule has 0 aromatic heterocycles. The zero-order chi connectivity index (χ0) is 16.3. The van der Waals surface area contributed by atoms with Crippen LogP contribution in [0.15, 0.2) is 30.3 Å². The third-order valence-electron chi connectivity index (χ3n) is 3.27. The highest BCUT2D eigenvalue weighted by Gasteiger charge is 2.39. The molecular formula is C16H28N2O3Si. The zero-order valence-corrected chi connectivity index (χ0v) is 14.6. The van der Waals surface area contributed by atoms with E-state index in [9.17, 15) is 4.79 Å². The van der Waals surface area contributed by atoms with E-state index in [0.717, 1.165) is 30.5 Å². The van der Waals surface area contributed by atoms with Crippen LogP contribution in [0.5, 0.6) is 0 Å². The van der Waals surface area contributed by atoms with Crippen molar-refractivity contribution in [2.75, 3.05) is 19.8 Å². The smallest absolute Gasteiger partial charge is 0.372 e. The Hall–Kier alpha value is -1.37. The number of carbonyl (C=O) groups is 1. The monoisotopic (exact) mass is 324 g/mol. The van der Waals surface area contributed by atoms with Gasteiger partial charge in [0.25, 0.3) is 0 Å². The summed E-state index contributed by atoms with van der Waals surface area (Å²) in [6.45, 7) is 6.11. The van der Waals surface area contributed by atoms with Crippen LogP contribution in [0, 0.1) is 0 Å². The Morgan fingerprint density at radius 3 is 2.23 bits per heavy atom. The van der Waals surface area contributed by atoms with Gasteiger partial charge in [0.05, 0.1) is 0 Å². The molecule has 0 heterocycles. The van der Waals surface area contributed by atoms with Gasteiger partial charge in [-0.2, -0.15) is 0 Å². The second kappa shape index (κ2) is 10.4. The van der Waals surface area contributed by atoms with Crippen molar-refractivity contribution >= 4 is 19.8 Å². The normalized spacial score (nSPS) is 11.4. The van der Waals surface area contributed by atoms with E-state index in [-0.39, 0.29) is 0 Å². The molecule has 0 aliphatic carbocycles. The molecule has 1 rings (SSSR count). The second-order valence-electron chi connectivity index (χ2n) is 5.21. The predicted molar refractivity (Wildman–Crippen MR) is 91.3 cm³/mol. The molecule has 5 nitrogen and oxygen atoms in total. The van der Waals surface area contributed by atoms with E-state index in [1.807, 2.05) is 18.2 Å². The molecule has 0 fully saturated rings. The van der Waals surface area contributed by atoms with Gasteiger partial charge in [0, 0.05) is 19.8 Å². The largest absolute Gasteiger partial charge is 0.391 e. The van der Waals surface area contributed by atoms with E-state index < -0.39 is 14.6 Å². The van der Waals surface area contributed by atoms with Crippen molar-refractivity contribution in [1.29, 1.82) is 0 Å². The fourth-order valence-electron chi connectivity index (χ4n) is 2.26. The number of nitrogens with one attached hydrogen (secondary N) is 1. The van der Waals surface area contributed by atoms with Gasteiger partial charge in [-0.05, 0) is 30.5 Å². The average Bonchev–Trinajstić information content (AvgIpc) is 2.54. The molecule has 0 aliphatic rings. The summed E-state index contributed by atoms with van der Waals surface area (Å²) in [7, 11) is -2.48. The minimum atomic E-state index is -2.48. The van der Waals surface area contributed by atoms with E-state index >= 15 is 0 Å². The molecule has 0 spiro atoms. The van der Waals surface area contributed by atoms with E-state index in [2.05, 4.69) is 31.3 Å². The Balaban J connectivity index is 2.85. The van der Waals surface area contributed by atoms with E-state index in [0.29, 0.717) is 19.8 Å². The highest BCUT2D eigenvalue weighted by atomic mass is 28.4. The van der Waals surface area contributed by atoms with Crippen LogP contribution in [-0.2, 0) is 8.85 Å². The summed E-state index contributed by atoms with van der Waals surface area (Å²) >= 11 is 0. The fourth-order valence-corrected chi connectivity index (χ4v) is 5.66. The van der Waals surface area contributed by atoms with Gasteiger partial charge < -0.3 is 19.9 Å². The van der Waals surface area contributed by atoms with E-state index in [1.54, 1.807) is 0 Å². The number of amides is 2. The van der Waals surface area contributed by atoms with Gasteiger partial charge in [-0.15, -0.1) is 0 Å². The van der Waals surface area contributed by atoms with Gasteiger partial charge in [0.2, 0.25) is 0 Å². The third-order valence-corrected chi connectivity index (χ3v) is 6.84. The van der Waals surface area contributed by atoms with E-state index in [4.69, 9.17) is 14.6 Å². The van der Waals surface area contributed by atoms with Crippen molar-refractivity contribution in [3.05, 3.63) is 30.3 Å². The minimum Gasteiger partial charge on any atom is -0.391 e. The van der Waals surface area contributed by atoms with Crippen LogP contribution in [0.1, 0.15) is 33.1 Å². The summed E-state index contributed by atoms with van der Waals surface area (Å²) in [5.74, 6) is 0. The van der Waals surface area contributed by atoms with Crippen LogP contribution in [0.25, 0.3) is 0 Å². The van der Waals surface area contributed by atoms with E-state index in [1.165, 1.54) is 0 Å². The van der Waals surface area contributed by atoms with Crippen molar-refractivity contribution in [3.63, 3.8) is 0 Å². The molecule has 0 atom stereocenters. The molecule has 0 unspecified atom stereocenters. The number of nitrogens with two attached hydrogens (primary N) is 1. The van der Waals surface area contributed by atoms with Crippen molar-refractivity contribution in [1.82, 2.24) is 5.32 Å². The number of rotatable bonds is 11. The van der Waals surface area contributed by atoms with Crippen LogP contribution in [0.2, 0.25) is 6.04 Å². The lowest BCUT2D eigenvalue weighted by Crippen LogP contribution is -2.54. The average molecular weight is 324 g/mol. The molecule has 22 heavy (non-hydrogen) atoms. The quantitative estimate of drug-likeness (QED) is 0.484. The number of urea groups is 1. The standard InChI is InChI=1S/C16H28N2O3Si/c1-3-12-20-22(21-13-4-2,14-8-11-18-16(17)19)15-9-6-5-7-10-15/h5-7,9-10H,3-4,8,11-14H2,1-2H3,(H3,17,18,19). The summed E-state index contributed by atoms with van der Waals surface area (Å²) in [5, 5.41) is 3.78. The summed E-state index contributed by atoms with van der Waals surface area (Å²) in [5.41, 5.74) is 5.11. The lowest BCUT2D eigenvalue weighted by molar-refractivity contribution is 0.179. The molecule has 124 valence electrons. The number of carbonyl (C=O) groups excluding carboxylic acids is 1. The summed E-state index contributed by atoms with van der Waals surface area (Å²) in [6, 6.07) is 10.5. The summed E-state index contributed by atoms with van der Waals surface area (Å²) in [6.07, 6.45) is 2.70. The fraction of sp³-hybridized carbons (Fsp3) is 0.562. The van der Waals surface area contributed by atoms with Crippen LogP contribution < -0.4 is 16.2 Å². The Morgan fingerprint density at radius 1 is 1.14 bits per heavy atom. The molecule has 1 aromatic rings. The van der Waals surface area contributed by atoms with Crippen molar-refractivity contribution in [2.45, 2.75) is 39.2 Å². The first-order valence-electron chi connectivity index (χ1n) is 8.01. The molecule has 6 heteroatoms. The zero-order valence-electron chi connectivity index (χ0n) is 13.6. The van der Waals surface area contributed by atoms with Crippen LogP contribution in [-0.4, -0.2) is 34.4 Å². The second-order valence-corrected chi connectivity index (χ2v) is 8.37. The first kappa shape index (κ1) is 18.7. The maximum atomic E-state index is 10.8. The molecule has 1 aromatic carbocycles. The van der Waals surface area contributed by atoms with Gasteiger partial charge in [0.1, 0.15) is 0 Å². The van der Waals surface area contributed by atoms with Crippen molar-refractivity contribution in [3.8, 4) is 0 Å². The number of primary amides is 1. The maximum absolute atomic E-state index is 10.8. The summed E-state index contributed by atoms with van der Waals surface area (Å²) in [4.78, 5) is 10.8. The molecule has 0 radical (unpaired) electrons. The Labute approximate surface area is 134 Å². The molecular weight excluding hydrogens is 296 g/mol. The summed E-state index contributed by atoms with van der Waals surface area (Å²) < 4.78 is 12.5. The number of benzene rings is 1. The third kappa shape index (κ3) is 6.17. The SMILES string of the molecule is CCCO[Si](CCCNC(N)=O)(OCCC)c1ccccc1. The molecule has 0 bridgehead atoms. The molecule has 0 saturated carbocycles. The molecule has 2 amide bonds. The predicted octanol–water partition coefficient (Wildman–Crippen LogP) is 2.25. The van der Waals surface area contributed by atoms with Gasteiger partial charge in [-0.3, -0.25) is 0 Å². The Kier molecular flexibility index (Phi) is 8.80. The van der Waals surface area contributed by atoms with Gasteiger partial charge in [0.15, 0.2) is 0 Å². The van der Waals surface area contributed by atoms with Gasteiger partial charge in [-0.25, -0.2) is 4.79 Å². The van der Waals surface area contributed by atoms with Crippen LogP contribution in [0.3, 0.4) is 0 Å². The van der Waals surface area contributed by atoms with Crippen LogP contribution >= 0.6 is 0 Å². The molecule has 0 saturated heterocycles. The topological polar surface area (TPSA) is 73.6 Å². The number of hydrogen-bond acceptors (Lipinski definition) is 3. The maximum Gasteiger partial charge on any atom is 0.372 e. The Morgan fingerprint density at radius 2 is 1.73 bits per heavy atom. The highest BCUT2D eigenvalue weighted by Crippen LogP contribution is 2.17. The lowest BCUT2D eigenvalue weighted by atomic mass is 10.4. The number of hydrogen-bond donors (Lipinski definition) is 2. The first-order valence-corrected chi connectivity index (χ1v) is 10.0. The van der Waals surface area contributed by atoms with Gasteiger partial charge >= 0.3 is 14.6 Å². The van der Waals surface area contributed by atoms with Gasteiger partial charge in [-0.1, -0.05) is 44.2 Å². The Bertz CT molecular complexity index is 421. The highest BCUT2D eigenvalue weighted by molar-refractivity contribution is 6.81. The minimum absolute atomic E-state index is 0.490. The first-order chi connectivity index (χ1) is 10.6. The van der Waals surface area contributed by atoms with Crippen LogP contribution in [0.4, 0.5) is 4.79 Å². The van der Waals surface area contributed by atoms with Crippen molar-refractivity contribution < 1.29 is 13.6 Å². The molecule has 3 N–H and O–H groups in total.